The highest BCUT2D eigenvalue weighted by atomic mass is 32.1. The Hall–Kier alpha value is -0.670. The Morgan fingerprint density at radius 1 is 1.41 bits per heavy atom. The molecule has 0 saturated carbocycles. The maximum absolute atomic E-state index is 5.17. The molecule has 0 radical (unpaired) electrons. The van der Waals surface area contributed by atoms with Gasteiger partial charge in [0.05, 0.1) is 0 Å². The van der Waals surface area contributed by atoms with E-state index in [-0.39, 0.29) is 0 Å². The van der Waals surface area contributed by atoms with Gasteiger partial charge in [-0.2, -0.15) is 0 Å². The van der Waals surface area contributed by atoms with Crippen LogP contribution in [0, 0.1) is 11.6 Å². The van der Waals surface area contributed by atoms with Crippen molar-refractivity contribution in [1.29, 1.82) is 0 Å². The lowest BCUT2D eigenvalue weighted by Crippen LogP contribution is -2.34. The summed E-state index contributed by atoms with van der Waals surface area (Å²) in [5, 5.41) is 0. The first-order valence-electron chi connectivity index (χ1n) is 6.66. The van der Waals surface area contributed by atoms with Crippen LogP contribution in [0.25, 0.3) is 0 Å². The van der Waals surface area contributed by atoms with Gasteiger partial charge in [-0.3, -0.25) is 4.90 Å². The molecule has 0 unspecified atom stereocenters. The largest absolute Gasteiger partial charge is 0.350 e. The standard InChI is InChI=1S/C14H22N2S/c1-3-9-16-10-5-4-6-13(16)12-7-8-14(17)15-11(12)2/h7-8,13H,3-6,9-10H2,1-2H3,(H,15,17)/t13-/m0/s1. The molecular formula is C14H22N2S. The van der Waals surface area contributed by atoms with Crippen LogP contribution in [0.5, 0.6) is 0 Å². The molecule has 2 nitrogen and oxygen atoms in total. The Kier molecular flexibility index (Phi) is 4.35. The average Bonchev–Trinajstić information content (AvgIpc) is 2.31. The summed E-state index contributed by atoms with van der Waals surface area (Å²) in [6, 6.07) is 4.83. The molecule has 1 fully saturated rings. The van der Waals surface area contributed by atoms with Gasteiger partial charge < -0.3 is 4.98 Å². The molecule has 0 amide bonds. The zero-order valence-electron chi connectivity index (χ0n) is 10.8. The summed E-state index contributed by atoms with van der Waals surface area (Å²) in [5.74, 6) is 0. The minimum Gasteiger partial charge on any atom is -0.350 e. The summed E-state index contributed by atoms with van der Waals surface area (Å²) in [4.78, 5) is 5.91. The average molecular weight is 250 g/mol. The molecule has 1 aromatic heterocycles. The van der Waals surface area contributed by atoms with E-state index in [0.29, 0.717) is 6.04 Å². The fraction of sp³-hybridized carbons (Fsp3) is 0.643. The first-order valence-corrected chi connectivity index (χ1v) is 7.07. The van der Waals surface area contributed by atoms with Gasteiger partial charge in [0.2, 0.25) is 0 Å². The molecule has 3 heteroatoms. The Balaban J connectivity index is 2.26. The van der Waals surface area contributed by atoms with Crippen molar-refractivity contribution < 1.29 is 0 Å². The molecule has 1 aliphatic rings. The molecule has 0 spiro atoms. The molecule has 0 aromatic carbocycles. The molecule has 1 N–H and O–H groups in total. The number of likely N-dealkylation sites (tertiary alicyclic amines) is 1. The molecule has 17 heavy (non-hydrogen) atoms. The Labute approximate surface area is 109 Å². The van der Waals surface area contributed by atoms with Crippen molar-refractivity contribution in [2.75, 3.05) is 13.1 Å². The van der Waals surface area contributed by atoms with Crippen molar-refractivity contribution in [3.05, 3.63) is 28.0 Å². The number of nitrogens with zero attached hydrogens (tertiary/aromatic N) is 1. The van der Waals surface area contributed by atoms with E-state index in [0.717, 1.165) is 4.64 Å². The monoisotopic (exact) mass is 250 g/mol. The van der Waals surface area contributed by atoms with Gasteiger partial charge in [0.25, 0.3) is 0 Å². The van der Waals surface area contributed by atoms with Crippen molar-refractivity contribution in [2.45, 2.75) is 45.6 Å². The molecular weight excluding hydrogens is 228 g/mol. The number of H-pyrrole nitrogens is 1. The van der Waals surface area contributed by atoms with E-state index in [9.17, 15) is 0 Å². The molecule has 1 aliphatic heterocycles. The van der Waals surface area contributed by atoms with Crippen LogP contribution in [0.15, 0.2) is 12.1 Å². The van der Waals surface area contributed by atoms with Gasteiger partial charge in [0, 0.05) is 11.7 Å². The number of hydrogen-bond acceptors (Lipinski definition) is 2. The summed E-state index contributed by atoms with van der Waals surface area (Å²) >= 11 is 5.17. The molecule has 94 valence electrons. The molecule has 2 heterocycles. The number of hydrogen-bond donors (Lipinski definition) is 1. The van der Waals surface area contributed by atoms with Gasteiger partial charge in [-0.15, -0.1) is 0 Å². The van der Waals surface area contributed by atoms with Gasteiger partial charge in [-0.05, 0) is 50.9 Å². The van der Waals surface area contributed by atoms with Gasteiger partial charge in [0.15, 0.2) is 0 Å². The lowest BCUT2D eigenvalue weighted by molar-refractivity contribution is 0.148. The number of aromatic amines is 1. The van der Waals surface area contributed by atoms with Crippen LogP contribution in [0.4, 0.5) is 0 Å². The second-order valence-electron chi connectivity index (χ2n) is 4.95. The third kappa shape index (κ3) is 2.96. The highest BCUT2D eigenvalue weighted by Gasteiger charge is 2.24. The SMILES string of the molecule is CCCN1CCCC[C@H]1c1ccc(=S)[nH]c1C. The van der Waals surface area contributed by atoms with E-state index in [2.05, 4.69) is 29.8 Å². The van der Waals surface area contributed by atoms with Crippen molar-refractivity contribution in [1.82, 2.24) is 9.88 Å². The van der Waals surface area contributed by atoms with E-state index in [1.807, 2.05) is 6.07 Å². The van der Waals surface area contributed by atoms with Gasteiger partial charge >= 0.3 is 0 Å². The van der Waals surface area contributed by atoms with Crippen LogP contribution in [0.3, 0.4) is 0 Å². The molecule has 1 aromatic rings. The summed E-state index contributed by atoms with van der Waals surface area (Å²) in [6.07, 6.45) is 5.21. The maximum Gasteiger partial charge on any atom is 0.103 e. The summed E-state index contributed by atoms with van der Waals surface area (Å²) in [6.45, 7) is 6.86. The Morgan fingerprint density at radius 2 is 2.24 bits per heavy atom. The minimum absolute atomic E-state index is 0.593. The van der Waals surface area contributed by atoms with Gasteiger partial charge in [-0.1, -0.05) is 31.6 Å². The topological polar surface area (TPSA) is 19.0 Å². The van der Waals surface area contributed by atoms with Crippen LogP contribution >= 0.6 is 12.2 Å². The van der Waals surface area contributed by atoms with E-state index >= 15 is 0 Å². The second kappa shape index (κ2) is 5.78. The van der Waals surface area contributed by atoms with E-state index in [1.54, 1.807) is 0 Å². The van der Waals surface area contributed by atoms with Crippen molar-refractivity contribution in [3.8, 4) is 0 Å². The van der Waals surface area contributed by atoms with Crippen LogP contribution < -0.4 is 0 Å². The molecule has 0 aliphatic carbocycles. The third-order valence-electron chi connectivity index (χ3n) is 3.64. The number of pyridine rings is 1. The lowest BCUT2D eigenvalue weighted by Gasteiger charge is -2.36. The van der Waals surface area contributed by atoms with Crippen LogP contribution in [-0.2, 0) is 0 Å². The summed E-state index contributed by atoms with van der Waals surface area (Å²) in [7, 11) is 0. The van der Waals surface area contributed by atoms with Crippen molar-refractivity contribution >= 4 is 12.2 Å². The molecule has 1 saturated heterocycles. The normalized spacial score (nSPS) is 21.6. The number of aryl methyl sites for hydroxylation is 1. The fourth-order valence-corrected chi connectivity index (χ4v) is 3.07. The summed E-state index contributed by atoms with van der Waals surface area (Å²) < 4.78 is 0.837. The van der Waals surface area contributed by atoms with Gasteiger partial charge in [-0.25, -0.2) is 0 Å². The maximum atomic E-state index is 5.17. The number of aromatic nitrogens is 1. The van der Waals surface area contributed by atoms with Crippen LogP contribution in [0.1, 0.15) is 49.9 Å². The van der Waals surface area contributed by atoms with E-state index in [4.69, 9.17) is 12.2 Å². The quantitative estimate of drug-likeness (QED) is 0.818. The van der Waals surface area contributed by atoms with Crippen LogP contribution in [0.2, 0.25) is 0 Å². The molecule has 1 atom stereocenters. The van der Waals surface area contributed by atoms with Crippen LogP contribution in [-0.4, -0.2) is 23.0 Å². The zero-order valence-corrected chi connectivity index (χ0v) is 11.6. The second-order valence-corrected chi connectivity index (χ2v) is 5.39. The third-order valence-corrected chi connectivity index (χ3v) is 3.88. The Morgan fingerprint density at radius 3 is 2.94 bits per heavy atom. The van der Waals surface area contributed by atoms with E-state index < -0.39 is 0 Å². The first kappa shape index (κ1) is 12.8. The lowest BCUT2D eigenvalue weighted by atomic mass is 9.94. The number of piperidine rings is 1. The molecule has 2 rings (SSSR count). The van der Waals surface area contributed by atoms with Crippen molar-refractivity contribution in [2.24, 2.45) is 0 Å². The smallest absolute Gasteiger partial charge is 0.103 e. The number of rotatable bonds is 3. The highest BCUT2D eigenvalue weighted by Crippen LogP contribution is 2.31. The molecule has 0 bridgehead atoms. The first-order chi connectivity index (χ1) is 8.22. The Bertz CT molecular complexity index is 422. The minimum atomic E-state index is 0.593. The zero-order chi connectivity index (χ0) is 12.3. The fourth-order valence-electron chi connectivity index (χ4n) is 2.85. The predicted molar refractivity (Wildman–Crippen MR) is 74.8 cm³/mol. The number of nitrogens with one attached hydrogen (secondary N) is 1. The van der Waals surface area contributed by atoms with E-state index in [1.165, 1.54) is 50.0 Å². The predicted octanol–water partition coefficient (Wildman–Crippen LogP) is 3.99. The van der Waals surface area contributed by atoms with Crippen molar-refractivity contribution in [3.63, 3.8) is 0 Å². The summed E-state index contributed by atoms with van der Waals surface area (Å²) in [5.41, 5.74) is 2.68. The van der Waals surface area contributed by atoms with Gasteiger partial charge in [0.1, 0.15) is 4.64 Å². The highest BCUT2D eigenvalue weighted by molar-refractivity contribution is 7.71.